The first kappa shape index (κ1) is 12.9. The van der Waals surface area contributed by atoms with Crippen molar-refractivity contribution in [1.29, 1.82) is 0 Å². The van der Waals surface area contributed by atoms with E-state index in [4.69, 9.17) is 4.74 Å². The third-order valence-electron chi connectivity index (χ3n) is 3.07. The van der Waals surface area contributed by atoms with Crippen molar-refractivity contribution in [3.05, 3.63) is 69.5 Å². The molecule has 104 valence electrons. The minimum absolute atomic E-state index is 0.00935. The van der Waals surface area contributed by atoms with Crippen LogP contribution < -0.4 is 4.74 Å². The highest BCUT2D eigenvalue weighted by Crippen LogP contribution is 2.35. The zero-order valence-electron chi connectivity index (χ0n) is 10.6. The number of ketones is 1. The van der Waals surface area contributed by atoms with E-state index in [9.17, 15) is 20.0 Å². The number of para-hydroxylation sites is 1. The van der Waals surface area contributed by atoms with Crippen LogP contribution in [0.3, 0.4) is 0 Å². The number of hydrogen-bond acceptors (Lipinski definition) is 5. The lowest BCUT2D eigenvalue weighted by molar-refractivity contribution is -0.385. The fourth-order valence-corrected chi connectivity index (χ4v) is 2.09. The number of phenols is 1. The van der Waals surface area contributed by atoms with Crippen LogP contribution in [0.2, 0.25) is 0 Å². The van der Waals surface area contributed by atoms with Gasteiger partial charge in [0, 0.05) is 12.1 Å². The molecule has 2 aromatic rings. The summed E-state index contributed by atoms with van der Waals surface area (Å²) < 4.78 is 5.37. The second kappa shape index (κ2) is 4.75. The Hall–Kier alpha value is -3.15. The molecule has 1 heterocycles. The molecule has 21 heavy (non-hydrogen) atoms. The van der Waals surface area contributed by atoms with Gasteiger partial charge >= 0.3 is 0 Å². The van der Waals surface area contributed by atoms with E-state index in [0.717, 1.165) is 0 Å². The smallest absolute Gasteiger partial charge is 0.276 e. The van der Waals surface area contributed by atoms with Crippen molar-refractivity contribution in [2.45, 2.75) is 0 Å². The van der Waals surface area contributed by atoms with Gasteiger partial charge in [0.2, 0.25) is 5.78 Å². The summed E-state index contributed by atoms with van der Waals surface area (Å²) >= 11 is 0. The Morgan fingerprint density at radius 3 is 2.71 bits per heavy atom. The van der Waals surface area contributed by atoms with Crippen LogP contribution in [-0.4, -0.2) is 15.8 Å². The Bertz CT molecular complexity index is 794. The van der Waals surface area contributed by atoms with Crippen molar-refractivity contribution in [1.82, 2.24) is 0 Å². The average molecular weight is 283 g/mol. The van der Waals surface area contributed by atoms with Gasteiger partial charge in [0.1, 0.15) is 11.5 Å². The van der Waals surface area contributed by atoms with Crippen LogP contribution in [0.5, 0.6) is 11.5 Å². The number of rotatable bonds is 2. The predicted molar refractivity (Wildman–Crippen MR) is 74.1 cm³/mol. The van der Waals surface area contributed by atoms with Gasteiger partial charge in [-0.15, -0.1) is 0 Å². The molecule has 0 aliphatic carbocycles. The fraction of sp³-hybridized carbons (Fsp3) is 0. The Morgan fingerprint density at radius 2 is 1.95 bits per heavy atom. The zero-order chi connectivity index (χ0) is 15.0. The maximum Gasteiger partial charge on any atom is 0.276 e. The minimum Gasteiger partial charge on any atom is -0.508 e. The molecule has 3 rings (SSSR count). The molecule has 2 aromatic carbocycles. The Morgan fingerprint density at radius 1 is 1.19 bits per heavy atom. The average Bonchev–Trinajstić information content (AvgIpc) is 2.75. The standard InChI is InChI=1S/C15H9NO5/c17-10-5-6-11-13(8-10)21-14(15(11)18)7-9-3-1-2-4-12(9)16(19)20/h1-8,17H/b14-7-. The van der Waals surface area contributed by atoms with Crippen molar-refractivity contribution in [3.8, 4) is 11.5 Å². The van der Waals surface area contributed by atoms with Gasteiger partial charge in [0.25, 0.3) is 5.69 Å². The topological polar surface area (TPSA) is 89.7 Å². The molecule has 0 saturated carbocycles. The maximum atomic E-state index is 12.1. The number of benzene rings is 2. The first-order valence-electron chi connectivity index (χ1n) is 6.07. The maximum absolute atomic E-state index is 12.1. The molecule has 0 aromatic heterocycles. The van der Waals surface area contributed by atoms with E-state index in [-0.39, 0.29) is 34.3 Å². The molecule has 6 heteroatoms. The van der Waals surface area contributed by atoms with Crippen LogP contribution in [0, 0.1) is 10.1 Å². The summed E-state index contributed by atoms with van der Waals surface area (Å²) in [4.78, 5) is 22.6. The Balaban J connectivity index is 2.04. The van der Waals surface area contributed by atoms with Crippen molar-refractivity contribution in [3.63, 3.8) is 0 Å². The molecular weight excluding hydrogens is 274 g/mol. The van der Waals surface area contributed by atoms with Gasteiger partial charge in [0.05, 0.1) is 16.1 Å². The van der Waals surface area contributed by atoms with E-state index in [1.54, 1.807) is 12.1 Å². The van der Waals surface area contributed by atoms with E-state index in [2.05, 4.69) is 0 Å². The summed E-state index contributed by atoms with van der Waals surface area (Å²) in [7, 11) is 0. The summed E-state index contributed by atoms with van der Waals surface area (Å²) in [5, 5.41) is 20.3. The van der Waals surface area contributed by atoms with Crippen LogP contribution in [0.15, 0.2) is 48.2 Å². The van der Waals surface area contributed by atoms with Gasteiger partial charge in [-0.25, -0.2) is 0 Å². The molecule has 0 spiro atoms. The molecule has 0 atom stereocenters. The third kappa shape index (κ3) is 2.23. The first-order chi connectivity index (χ1) is 10.1. The fourth-order valence-electron chi connectivity index (χ4n) is 2.09. The van der Waals surface area contributed by atoms with E-state index in [1.807, 2.05) is 0 Å². The van der Waals surface area contributed by atoms with Crippen LogP contribution in [0.25, 0.3) is 6.08 Å². The highest BCUT2D eigenvalue weighted by molar-refractivity contribution is 6.14. The number of carbonyl (C=O) groups excluding carboxylic acids is 1. The zero-order valence-corrected chi connectivity index (χ0v) is 10.6. The third-order valence-corrected chi connectivity index (χ3v) is 3.07. The SMILES string of the molecule is O=C1/C(=C/c2ccccc2[N+](=O)[O-])Oc2cc(O)ccc21. The van der Waals surface area contributed by atoms with Gasteiger partial charge in [-0.2, -0.15) is 0 Å². The summed E-state index contributed by atoms with van der Waals surface area (Å²) in [6, 6.07) is 10.2. The van der Waals surface area contributed by atoms with Crippen molar-refractivity contribution in [2.24, 2.45) is 0 Å². The highest BCUT2D eigenvalue weighted by Gasteiger charge is 2.28. The molecule has 0 radical (unpaired) electrons. The lowest BCUT2D eigenvalue weighted by Gasteiger charge is -2.00. The molecule has 6 nitrogen and oxygen atoms in total. The Kier molecular flexibility index (Phi) is 2.91. The molecule has 0 bridgehead atoms. The normalized spacial score (nSPS) is 14.9. The number of fused-ring (bicyclic) bond motifs is 1. The number of Topliss-reactive ketones (excluding diaryl/α,β-unsaturated/α-hetero) is 1. The summed E-state index contributed by atoms with van der Waals surface area (Å²) in [5.41, 5.74) is 0.487. The number of aromatic hydroxyl groups is 1. The summed E-state index contributed by atoms with van der Waals surface area (Å²) in [5.74, 6) is -0.161. The van der Waals surface area contributed by atoms with E-state index in [1.165, 1.54) is 36.4 Å². The number of nitro groups is 1. The number of allylic oxidation sites excluding steroid dienone is 1. The lowest BCUT2D eigenvalue weighted by Crippen LogP contribution is -1.99. The van der Waals surface area contributed by atoms with Gasteiger partial charge in [-0.05, 0) is 24.3 Å². The number of nitrogens with zero attached hydrogens (tertiary/aromatic N) is 1. The summed E-state index contributed by atoms with van der Waals surface area (Å²) in [6.07, 6.45) is 1.33. The first-order valence-corrected chi connectivity index (χ1v) is 6.07. The van der Waals surface area contributed by atoms with Crippen molar-refractivity contribution < 1.29 is 19.6 Å². The van der Waals surface area contributed by atoms with Crippen LogP contribution in [0.1, 0.15) is 15.9 Å². The molecule has 0 fully saturated rings. The Labute approximate surface area is 119 Å². The van der Waals surface area contributed by atoms with E-state index in [0.29, 0.717) is 5.56 Å². The number of phenolic OH excluding ortho intramolecular Hbond substituents is 1. The monoisotopic (exact) mass is 283 g/mol. The van der Waals surface area contributed by atoms with Crippen LogP contribution in [-0.2, 0) is 0 Å². The second-order valence-corrected chi connectivity index (χ2v) is 4.44. The predicted octanol–water partition coefficient (Wildman–Crippen LogP) is 2.92. The van der Waals surface area contributed by atoms with Crippen molar-refractivity contribution in [2.75, 3.05) is 0 Å². The second-order valence-electron chi connectivity index (χ2n) is 4.44. The molecule has 1 aliphatic rings. The number of ether oxygens (including phenoxy) is 1. The molecular formula is C15H9NO5. The number of nitro benzene ring substituents is 1. The van der Waals surface area contributed by atoms with E-state index >= 15 is 0 Å². The largest absolute Gasteiger partial charge is 0.508 e. The molecule has 0 saturated heterocycles. The van der Waals surface area contributed by atoms with Gasteiger partial charge in [0.15, 0.2) is 5.76 Å². The number of hydrogen-bond donors (Lipinski definition) is 1. The summed E-state index contributed by atoms with van der Waals surface area (Å²) in [6.45, 7) is 0. The molecule has 1 aliphatic heterocycles. The van der Waals surface area contributed by atoms with Gasteiger partial charge in [-0.3, -0.25) is 14.9 Å². The van der Waals surface area contributed by atoms with Crippen molar-refractivity contribution >= 4 is 17.5 Å². The number of carbonyl (C=O) groups is 1. The van der Waals surface area contributed by atoms with Gasteiger partial charge < -0.3 is 9.84 Å². The van der Waals surface area contributed by atoms with Crippen LogP contribution in [0.4, 0.5) is 5.69 Å². The molecule has 0 unspecified atom stereocenters. The quantitative estimate of drug-likeness (QED) is 0.520. The van der Waals surface area contributed by atoms with E-state index < -0.39 is 4.92 Å². The lowest BCUT2D eigenvalue weighted by atomic mass is 10.1. The minimum atomic E-state index is -0.523. The molecule has 0 amide bonds. The van der Waals surface area contributed by atoms with Crippen LogP contribution >= 0.6 is 0 Å². The highest BCUT2D eigenvalue weighted by atomic mass is 16.6. The molecule has 1 N–H and O–H groups in total. The van der Waals surface area contributed by atoms with Gasteiger partial charge in [-0.1, -0.05) is 12.1 Å².